The number of benzene rings is 1. The van der Waals surface area contributed by atoms with Gasteiger partial charge in [-0.1, -0.05) is 30.3 Å². The van der Waals surface area contributed by atoms with Crippen molar-refractivity contribution in [2.24, 2.45) is 0 Å². The molecule has 0 saturated carbocycles. The van der Waals surface area contributed by atoms with Crippen molar-refractivity contribution in [2.45, 2.75) is 13.8 Å². The molecule has 0 spiro atoms. The SMILES string of the molecule is CC(=O)Oc1cc(-c2ccccc2)n(C(C)=O)c1. The first kappa shape index (κ1) is 12.1. The number of hydrogen-bond acceptors (Lipinski definition) is 3. The molecule has 92 valence electrons. The summed E-state index contributed by atoms with van der Waals surface area (Å²) in [5.41, 5.74) is 1.60. The Morgan fingerprint density at radius 3 is 2.33 bits per heavy atom. The van der Waals surface area contributed by atoms with E-state index in [9.17, 15) is 9.59 Å². The number of carbonyl (C=O) groups is 2. The van der Waals surface area contributed by atoms with Crippen LogP contribution in [0.1, 0.15) is 18.6 Å². The third-order valence-electron chi connectivity index (χ3n) is 2.47. The van der Waals surface area contributed by atoms with Gasteiger partial charge >= 0.3 is 5.97 Å². The Hall–Kier alpha value is -2.36. The molecule has 18 heavy (non-hydrogen) atoms. The molecule has 0 atom stereocenters. The molecular formula is C14H13NO3. The second kappa shape index (κ2) is 4.87. The summed E-state index contributed by atoms with van der Waals surface area (Å²) < 4.78 is 6.46. The second-order valence-electron chi connectivity index (χ2n) is 3.91. The summed E-state index contributed by atoms with van der Waals surface area (Å²) in [6.07, 6.45) is 1.52. The van der Waals surface area contributed by atoms with E-state index < -0.39 is 5.97 Å². The molecule has 2 aromatic rings. The maximum atomic E-state index is 11.6. The van der Waals surface area contributed by atoms with Crippen LogP contribution in [0, 0.1) is 0 Å². The molecule has 0 N–H and O–H groups in total. The fraction of sp³-hybridized carbons (Fsp3) is 0.143. The molecule has 4 nitrogen and oxygen atoms in total. The normalized spacial score (nSPS) is 10.1. The zero-order valence-corrected chi connectivity index (χ0v) is 10.2. The zero-order valence-electron chi connectivity index (χ0n) is 10.2. The Bertz CT molecular complexity index is 584. The van der Waals surface area contributed by atoms with Crippen molar-refractivity contribution in [1.82, 2.24) is 4.57 Å². The number of rotatable bonds is 2. The first-order valence-electron chi connectivity index (χ1n) is 5.55. The van der Waals surface area contributed by atoms with Crippen LogP contribution < -0.4 is 4.74 Å². The maximum Gasteiger partial charge on any atom is 0.308 e. The summed E-state index contributed by atoms with van der Waals surface area (Å²) >= 11 is 0. The van der Waals surface area contributed by atoms with Crippen molar-refractivity contribution in [2.75, 3.05) is 0 Å². The van der Waals surface area contributed by atoms with E-state index in [2.05, 4.69) is 0 Å². The first-order valence-corrected chi connectivity index (χ1v) is 5.55. The molecule has 0 bridgehead atoms. The minimum Gasteiger partial charge on any atom is -0.425 e. The number of aromatic nitrogens is 1. The first-order chi connectivity index (χ1) is 8.58. The van der Waals surface area contributed by atoms with Gasteiger partial charge in [-0.25, -0.2) is 0 Å². The number of esters is 1. The van der Waals surface area contributed by atoms with E-state index in [0.29, 0.717) is 11.4 Å². The van der Waals surface area contributed by atoms with Crippen LogP contribution in [0.15, 0.2) is 42.6 Å². The van der Waals surface area contributed by atoms with Gasteiger partial charge in [-0.15, -0.1) is 0 Å². The molecule has 0 aliphatic rings. The fourth-order valence-corrected chi connectivity index (χ4v) is 1.75. The van der Waals surface area contributed by atoms with Crippen LogP contribution in [0.4, 0.5) is 0 Å². The molecule has 4 heteroatoms. The largest absolute Gasteiger partial charge is 0.425 e. The van der Waals surface area contributed by atoms with Crippen LogP contribution in [0.3, 0.4) is 0 Å². The highest BCUT2D eigenvalue weighted by Crippen LogP contribution is 2.26. The molecule has 0 fully saturated rings. The van der Waals surface area contributed by atoms with Crippen LogP contribution in [0.2, 0.25) is 0 Å². The van der Waals surface area contributed by atoms with Crippen molar-refractivity contribution in [3.63, 3.8) is 0 Å². The molecule has 1 aromatic heterocycles. The van der Waals surface area contributed by atoms with Gasteiger partial charge in [0.1, 0.15) is 5.75 Å². The molecule has 0 aliphatic carbocycles. The lowest BCUT2D eigenvalue weighted by atomic mass is 10.1. The molecule has 0 unspecified atom stereocenters. The fourth-order valence-electron chi connectivity index (χ4n) is 1.75. The van der Waals surface area contributed by atoms with Crippen LogP contribution in [0.5, 0.6) is 5.75 Å². The van der Waals surface area contributed by atoms with Gasteiger partial charge in [0.2, 0.25) is 5.91 Å². The van der Waals surface area contributed by atoms with E-state index in [-0.39, 0.29) is 5.91 Å². The quantitative estimate of drug-likeness (QED) is 0.762. The number of carbonyl (C=O) groups excluding carboxylic acids is 2. The van der Waals surface area contributed by atoms with Gasteiger partial charge in [-0.3, -0.25) is 14.2 Å². The Kier molecular flexibility index (Phi) is 3.28. The third kappa shape index (κ3) is 2.48. The van der Waals surface area contributed by atoms with Crippen molar-refractivity contribution in [3.05, 3.63) is 42.6 Å². The average molecular weight is 243 g/mol. The van der Waals surface area contributed by atoms with E-state index in [1.807, 2.05) is 30.3 Å². The predicted molar refractivity (Wildman–Crippen MR) is 67.5 cm³/mol. The molecular weight excluding hydrogens is 230 g/mol. The second-order valence-corrected chi connectivity index (χ2v) is 3.91. The summed E-state index contributed by atoms with van der Waals surface area (Å²) in [5, 5.41) is 0. The molecule has 2 rings (SSSR count). The smallest absolute Gasteiger partial charge is 0.308 e. The van der Waals surface area contributed by atoms with Gasteiger partial charge in [-0.05, 0) is 5.56 Å². The maximum absolute atomic E-state index is 11.6. The standard InChI is InChI=1S/C14H13NO3/c1-10(16)15-9-13(18-11(2)17)8-14(15)12-6-4-3-5-7-12/h3-9H,1-2H3. The zero-order chi connectivity index (χ0) is 13.1. The highest BCUT2D eigenvalue weighted by Gasteiger charge is 2.12. The van der Waals surface area contributed by atoms with Gasteiger partial charge in [0.15, 0.2) is 0 Å². The van der Waals surface area contributed by atoms with E-state index in [4.69, 9.17) is 4.74 Å². The van der Waals surface area contributed by atoms with Crippen molar-refractivity contribution in [3.8, 4) is 17.0 Å². The van der Waals surface area contributed by atoms with E-state index in [0.717, 1.165) is 5.56 Å². The van der Waals surface area contributed by atoms with E-state index in [1.54, 1.807) is 6.07 Å². The summed E-state index contributed by atoms with van der Waals surface area (Å²) in [6, 6.07) is 11.1. The van der Waals surface area contributed by atoms with Gasteiger partial charge in [-0.2, -0.15) is 0 Å². The number of nitrogens with zero attached hydrogens (tertiary/aromatic N) is 1. The summed E-state index contributed by atoms with van der Waals surface area (Å²) in [5.74, 6) is -0.167. The topological polar surface area (TPSA) is 48.3 Å². The van der Waals surface area contributed by atoms with Crippen LogP contribution in [0.25, 0.3) is 11.3 Å². The Morgan fingerprint density at radius 2 is 1.78 bits per heavy atom. The summed E-state index contributed by atoms with van der Waals surface area (Å²) in [6.45, 7) is 2.79. The van der Waals surface area contributed by atoms with Gasteiger partial charge in [0.25, 0.3) is 0 Å². The van der Waals surface area contributed by atoms with E-state index in [1.165, 1.54) is 24.6 Å². The lowest BCUT2D eigenvalue weighted by Gasteiger charge is -2.03. The molecule has 0 aliphatic heterocycles. The molecule has 0 radical (unpaired) electrons. The minimum atomic E-state index is -0.407. The van der Waals surface area contributed by atoms with Gasteiger partial charge < -0.3 is 4.74 Å². The van der Waals surface area contributed by atoms with Crippen molar-refractivity contribution < 1.29 is 14.3 Å². The number of hydrogen-bond donors (Lipinski definition) is 0. The lowest BCUT2D eigenvalue weighted by molar-refractivity contribution is -0.131. The molecule has 0 amide bonds. The van der Waals surface area contributed by atoms with Crippen LogP contribution in [-0.4, -0.2) is 16.4 Å². The number of ether oxygens (including phenoxy) is 1. The lowest BCUT2D eigenvalue weighted by Crippen LogP contribution is -2.05. The predicted octanol–water partition coefficient (Wildman–Crippen LogP) is 2.74. The monoisotopic (exact) mass is 243 g/mol. The van der Waals surface area contributed by atoms with Crippen molar-refractivity contribution >= 4 is 11.9 Å². The third-order valence-corrected chi connectivity index (χ3v) is 2.47. The van der Waals surface area contributed by atoms with Crippen LogP contribution >= 0.6 is 0 Å². The van der Waals surface area contributed by atoms with Crippen LogP contribution in [-0.2, 0) is 4.79 Å². The van der Waals surface area contributed by atoms with Gasteiger partial charge in [0.05, 0.1) is 11.9 Å². The molecule has 1 heterocycles. The molecule has 1 aromatic carbocycles. The summed E-state index contributed by atoms with van der Waals surface area (Å²) in [4.78, 5) is 22.5. The Balaban J connectivity index is 2.48. The van der Waals surface area contributed by atoms with Gasteiger partial charge in [0, 0.05) is 19.9 Å². The summed E-state index contributed by atoms with van der Waals surface area (Å²) in [7, 11) is 0. The van der Waals surface area contributed by atoms with E-state index >= 15 is 0 Å². The highest BCUT2D eigenvalue weighted by atomic mass is 16.5. The Morgan fingerprint density at radius 1 is 1.11 bits per heavy atom. The average Bonchev–Trinajstić information content (AvgIpc) is 2.73. The highest BCUT2D eigenvalue weighted by molar-refractivity contribution is 5.84. The minimum absolute atomic E-state index is 0.132. The van der Waals surface area contributed by atoms with Crippen molar-refractivity contribution in [1.29, 1.82) is 0 Å². The molecule has 0 saturated heterocycles. The Labute approximate surface area is 105 Å².